The molecule has 1 aliphatic rings. The van der Waals surface area contributed by atoms with E-state index in [9.17, 15) is 5.21 Å². The van der Waals surface area contributed by atoms with Crippen LogP contribution in [0, 0.1) is 0 Å². The van der Waals surface area contributed by atoms with E-state index in [1.165, 1.54) is 5.06 Å². The molecule has 1 rings (SSSR count). The van der Waals surface area contributed by atoms with Crippen LogP contribution in [0.3, 0.4) is 0 Å². The molecule has 1 aliphatic heterocycles. The highest BCUT2D eigenvalue weighted by Gasteiger charge is 2.44. The zero-order valence-corrected chi connectivity index (χ0v) is 10.4. The summed E-state index contributed by atoms with van der Waals surface area (Å²) in [6.45, 7) is 9.81. The fourth-order valence-corrected chi connectivity index (χ4v) is 2.70. The summed E-state index contributed by atoms with van der Waals surface area (Å²) >= 11 is 0. The quantitative estimate of drug-likeness (QED) is 0.656. The molecule has 15 heavy (non-hydrogen) atoms. The number of piperidine rings is 1. The van der Waals surface area contributed by atoms with Gasteiger partial charge in [0, 0.05) is 30.2 Å². The maximum atomic E-state index is 10.1. The van der Waals surface area contributed by atoms with Crippen LogP contribution in [0.5, 0.6) is 0 Å². The maximum absolute atomic E-state index is 10.1. The highest BCUT2D eigenvalue weighted by molar-refractivity contribution is 4.98. The van der Waals surface area contributed by atoms with Gasteiger partial charge in [-0.3, -0.25) is 0 Å². The average Bonchev–Trinajstić information content (AvgIpc) is 2.10. The molecule has 0 saturated carbocycles. The Balaban J connectivity index is 2.66. The fourth-order valence-electron chi connectivity index (χ4n) is 2.70. The summed E-state index contributed by atoms with van der Waals surface area (Å²) in [4.78, 5) is 0. The van der Waals surface area contributed by atoms with Crippen molar-refractivity contribution in [3.05, 3.63) is 0 Å². The first-order chi connectivity index (χ1) is 6.79. The molecule has 0 aromatic carbocycles. The van der Waals surface area contributed by atoms with E-state index >= 15 is 0 Å². The molecule has 4 heteroatoms. The lowest BCUT2D eigenvalue weighted by molar-refractivity contribution is -0.246. The van der Waals surface area contributed by atoms with E-state index < -0.39 is 0 Å². The number of nitrogens with one attached hydrogen (secondary N) is 1. The normalized spacial score (nSPS) is 26.8. The second kappa shape index (κ2) is 4.37. The second-order valence-electron chi connectivity index (χ2n) is 5.78. The molecule has 0 aromatic rings. The SMILES string of the molecule is CC1(C)CC(NCCN)CC(C)(C)N1O. The van der Waals surface area contributed by atoms with Crippen molar-refractivity contribution in [3.8, 4) is 0 Å². The summed E-state index contributed by atoms with van der Waals surface area (Å²) in [6.07, 6.45) is 1.90. The molecule has 0 aliphatic carbocycles. The monoisotopic (exact) mass is 215 g/mol. The standard InChI is InChI=1S/C11H25N3O/c1-10(2)7-9(13-6-5-12)8-11(3,4)14(10)15/h9,13,15H,5-8,12H2,1-4H3. The maximum Gasteiger partial charge on any atom is 0.0425 e. The van der Waals surface area contributed by atoms with E-state index in [0.29, 0.717) is 12.6 Å². The number of hydrogen-bond acceptors (Lipinski definition) is 4. The smallest absolute Gasteiger partial charge is 0.0425 e. The first-order valence-corrected chi connectivity index (χ1v) is 5.72. The summed E-state index contributed by atoms with van der Waals surface area (Å²) < 4.78 is 0. The molecule has 0 bridgehead atoms. The van der Waals surface area contributed by atoms with Crippen LogP contribution in [0.2, 0.25) is 0 Å². The van der Waals surface area contributed by atoms with Crippen LogP contribution in [0.25, 0.3) is 0 Å². The van der Waals surface area contributed by atoms with Gasteiger partial charge in [0.25, 0.3) is 0 Å². The first-order valence-electron chi connectivity index (χ1n) is 5.72. The summed E-state index contributed by atoms with van der Waals surface area (Å²) in [7, 11) is 0. The number of hydrogen-bond donors (Lipinski definition) is 3. The minimum Gasteiger partial charge on any atom is -0.329 e. The Hall–Kier alpha value is -0.160. The summed E-state index contributed by atoms with van der Waals surface area (Å²) in [6, 6.07) is 0.446. The molecule has 0 unspecified atom stereocenters. The third-order valence-corrected chi connectivity index (χ3v) is 3.22. The van der Waals surface area contributed by atoms with Gasteiger partial charge in [-0.1, -0.05) is 0 Å². The molecule has 1 heterocycles. The van der Waals surface area contributed by atoms with Gasteiger partial charge in [0.15, 0.2) is 0 Å². The van der Waals surface area contributed by atoms with Crippen molar-refractivity contribution >= 4 is 0 Å². The highest BCUT2D eigenvalue weighted by atomic mass is 16.5. The summed E-state index contributed by atoms with van der Waals surface area (Å²) in [5.41, 5.74) is 5.14. The van der Waals surface area contributed by atoms with Crippen LogP contribution in [0.4, 0.5) is 0 Å². The molecule has 90 valence electrons. The third kappa shape index (κ3) is 2.91. The zero-order chi connectivity index (χ0) is 11.7. The van der Waals surface area contributed by atoms with E-state index in [1.54, 1.807) is 0 Å². The van der Waals surface area contributed by atoms with E-state index in [1.807, 2.05) is 0 Å². The topological polar surface area (TPSA) is 61.5 Å². The fraction of sp³-hybridized carbons (Fsp3) is 1.00. The molecule has 0 spiro atoms. The van der Waals surface area contributed by atoms with Crippen molar-refractivity contribution in [2.45, 2.75) is 57.7 Å². The van der Waals surface area contributed by atoms with Crippen molar-refractivity contribution < 1.29 is 5.21 Å². The second-order valence-corrected chi connectivity index (χ2v) is 5.78. The lowest BCUT2D eigenvalue weighted by Crippen LogP contribution is -2.62. The molecule has 0 amide bonds. The van der Waals surface area contributed by atoms with Gasteiger partial charge < -0.3 is 16.3 Å². The lowest BCUT2D eigenvalue weighted by Gasteiger charge is -2.51. The van der Waals surface area contributed by atoms with Gasteiger partial charge in [-0.2, -0.15) is 5.06 Å². The Kier molecular flexibility index (Phi) is 3.76. The largest absolute Gasteiger partial charge is 0.329 e. The number of rotatable bonds is 3. The third-order valence-electron chi connectivity index (χ3n) is 3.22. The molecule has 0 atom stereocenters. The Morgan fingerprint density at radius 1 is 1.27 bits per heavy atom. The molecule has 1 fully saturated rings. The van der Waals surface area contributed by atoms with E-state index in [4.69, 9.17) is 5.73 Å². The van der Waals surface area contributed by atoms with Gasteiger partial charge >= 0.3 is 0 Å². The van der Waals surface area contributed by atoms with Crippen LogP contribution < -0.4 is 11.1 Å². The number of hydroxylamine groups is 2. The summed E-state index contributed by atoms with van der Waals surface area (Å²) in [5, 5.41) is 15.0. The molecule has 0 aromatic heterocycles. The Morgan fingerprint density at radius 3 is 2.13 bits per heavy atom. The van der Waals surface area contributed by atoms with Gasteiger partial charge in [-0.25, -0.2) is 0 Å². The van der Waals surface area contributed by atoms with Crippen molar-refractivity contribution in [2.24, 2.45) is 5.73 Å². The van der Waals surface area contributed by atoms with Gasteiger partial charge in [0.1, 0.15) is 0 Å². The molecule has 0 radical (unpaired) electrons. The molecule has 1 saturated heterocycles. The van der Waals surface area contributed by atoms with Crippen molar-refractivity contribution in [1.82, 2.24) is 10.4 Å². The van der Waals surface area contributed by atoms with Crippen molar-refractivity contribution in [3.63, 3.8) is 0 Å². The van der Waals surface area contributed by atoms with Crippen LogP contribution in [0.1, 0.15) is 40.5 Å². The molecule has 4 nitrogen and oxygen atoms in total. The van der Waals surface area contributed by atoms with Crippen LogP contribution in [-0.2, 0) is 0 Å². The van der Waals surface area contributed by atoms with E-state index in [2.05, 4.69) is 33.0 Å². The van der Waals surface area contributed by atoms with Crippen LogP contribution in [-0.4, -0.2) is 40.5 Å². The first kappa shape index (κ1) is 12.9. The molecule has 4 N–H and O–H groups in total. The predicted molar refractivity (Wildman–Crippen MR) is 61.9 cm³/mol. The number of nitrogens with zero attached hydrogens (tertiary/aromatic N) is 1. The zero-order valence-electron chi connectivity index (χ0n) is 10.4. The minimum atomic E-state index is -0.173. The van der Waals surface area contributed by atoms with Crippen LogP contribution in [0.15, 0.2) is 0 Å². The lowest BCUT2D eigenvalue weighted by atomic mass is 9.79. The summed E-state index contributed by atoms with van der Waals surface area (Å²) in [5.74, 6) is 0. The van der Waals surface area contributed by atoms with Gasteiger partial charge in [-0.15, -0.1) is 0 Å². The van der Waals surface area contributed by atoms with Gasteiger partial charge in [-0.05, 0) is 40.5 Å². The minimum absolute atomic E-state index is 0.173. The van der Waals surface area contributed by atoms with Crippen molar-refractivity contribution in [2.75, 3.05) is 13.1 Å². The Morgan fingerprint density at radius 2 is 1.73 bits per heavy atom. The van der Waals surface area contributed by atoms with Gasteiger partial charge in [0.05, 0.1) is 0 Å². The Bertz CT molecular complexity index is 198. The van der Waals surface area contributed by atoms with Crippen LogP contribution >= 0.6 is 0 Å². The molecular weight excluding hydrogens is 190 g/mol. The average molecular weight is 215 g/mol. The van der Waals surface area contributed by atoms with Crippen molar-refractivity contribution in [1.29, 1.82) is 0 Å². The van der Waals surface area contributed by atoms with Gasteiger partial charge in [0.2, 0.25) is 0 Å². The van der Waals surface area contributed by atoms with E-state index in [0.717, 1.165) is 19.4 Å². The van der Waals surface area contributed by atoms with E-state index in [-0.39, 0.29) is 11.1 Å². The number of nitrogens with two attached hydrogens (primary N) is 1. The predicted octanol–water partition coefficient (Wildman–Crippen LogP) is 0.946. The highest BCUT2D eigenvalue weighted by Crippen LogP contribution is 2.36. The molecular formula is C11H25N3O. The Labute approximate surface area is 92.8 Å².